The summed E-state index contributed by atoms with van der Waals surface area (Å²) in [4.78, 5) is 23.7. The highest BCUT2D eigenvalue weighted by Gasteiger charge is 2.14. The summed E-state index contributed by atoms with van der Waals surface area (Å²) < 4.78 is 31.9. The highest BCUT2D eigenvalue weighted by Crippen LogP contribution is 2.24. The Hall–Kier alpha value is -2.47. The fourth-order valence-corrected chi connectivity index (χ4v) is 2.13. The van der Waals surface area contributed by atoms with Crippen molar-refractivity contribution < 1.29 is 23.1 Å². The Morgan fingerprint density at radius 1 is 1.17 bits per heavy atom. The summed E-state index contributed by atoms with van der Waals surface area (Å²) in [6.45, 7) is 1.22. The van der Waals surface area contributed by atoms with Crippen LogP contribution in [0, 0.1) is 11.6 Å². The molecule has 0 aliphatic heterocycles. The molecule has 0 unspecified atom stereocenters. The Balaban J connectivity index is 2.07. The van der Waals surface area contributed by atoms with Gasteiger partial charge in [0.05, 0.1) is 11.3 Å². The number of ketones is 1. The number of nitrogens with one attached hydrogen (secondary N) is 1. The van der Waals surface area contributed by atoms with E-state index in [1.807, 2.05) is 0 Å². The zero-order valence-corrected chi connectivity index (χ0v) is 13.5. The van der Waals surface area contributed by atoms with Crippen LogP contribution in [-0.4, -0.2) is 18.3 Å². The van der Waals surface area contributed by atoms with Gasteiger partial charge in [0.25, 0.3) is 5.91 Å². The van der Waals surface area contributed by atoms with Crippen LogP contribution in [0.25, 0.3) is 0 Å². The number of hydrogen-bond donors (Lipinski definition) is 1. The molecular formula is C17H14ClF2NO3. The standard InChI is InChI=1S/C17H14ClF2NO3/c1-2-15(22)12-7-10(18)3-6-16(12)24-9-17(23)21-14-8-11(19)4-5-13(14)20/h3-8H,2,9H2,1H3,(H,21,23). The van der Waals surface area contributed by atoms with Crippen molar-refractivity contribution in [1.29, 1.82) is 0 Å². The second-order valence-electron chi connectivity index (χ2n) is 4.88. The van der Waals surface area contributed by atoms with E-state index < -0.39 is 24.1 Å². The smallest absolute Gasteiger partial charge is 0.262 e. The summed E-state index contributed by atoms with van der Waals surface area (Å²) in [6.07, 6.45) is 0.247. The van der Waals surface area contributed by atoms with Gasteiger partial charge in [-0.3, -0.25) is 9.59 Å². The fourth-order valence-electron chi connectivity index (χ4n) is 1.96. The molecule has 0 aromatic heterocycles. The second-order valence-corrected chi connectivity index (χ2v) is 5.31. The molecule has 4 nitrogen and oxygen atoms in total. The maximum absolute atomic E-state index is 13.5. The molecule has 0 heterocycles. The number of Topliss-reactive ketones (excluding diaryl/α,β-unsaturated/α-hetero) is 1. The van der Waals surface area contributed by atoms with Gasteiger partial charge in [0.2, 0.25) is 0 Å². The number of rotatable bonds is 6. The van der Waals surface area contributed by atoms with E-state index in [1.165, 1.54) is 18.2 Å². The van der Waals surface area contributed by atoms with E-state index in [2.05, 4.69) is 5.32 Å². The van der Waals surface area contributed by atoms with Crippen molar-refractivity contribution in [3.05, 3.63) is 58.6 Å². The Bertz CT molecular complexity index is 780. The SMILES string of the molecule is CCC(=O)c1cc(Cl)ccc1OCC(=O)Nc1cc(F)ccc1F. The van der Waals surface area contributed by atoms with Crippen molar-refractivity contribution in [1.82, 2.24) is 0 Å². The quantitative estimate of drug-likeness (QED) is 0.791. The van der Waals surface area contributed by atoms with Crippen LogP contribution in [-0.2, 0) is 4.79 Å². The molecule has 7 heteroatoms. The third kappa shape index (κ3) is 4.52. The van der Waals surface area contributed by atoms with E-state index in [9.17, 15) is 18.4 Å². The van der Waals surface area contributed by atoms with Crippen LogP contribution in [0.5, 0.6) is 5.75 Å². The lowest BCUT2D eigenvalue weighted by Gasteiger charge is -2.11. The molecule has 2 aromatic rings. The topological polar surface area (TPSA) is 55.4 Å². The van der Waals surface area contributed by atoms with Gasteiger partial charge in [0, 0.05) is 17.5 Å². The van der Waals surface area contributed by atoms with E-state index >= 15 is 0 Å². The molecule has 126 valence electrons. The average molecular weight is 354 g/mol. The first kappa shape index (κ1) is 17.9. The summed E-state index contributed by atoms with van der Waals surface area (Å²) in [5, 5.41) is 2.57. The maximum Gasteiger partial charge on any atom is 0.262 e. The second kappa shape index (κ2) is 7.88. The highest BCUT2D eigenvalue weighted by atomic mass is 35.5. The van der Waals surface area contributed by atoms with Gasteiger partial charge in [0.1, 0.15) is 17.4 Å². The molecule has 0 saturated heterocycles. The third-order valence-electron chi connectivity index (χ3n) is 3.12. The number of hydrogen-bond acceptors (Lipinski definition) is 3. The first-order valence-corrected chi connectivity index (χ1v) is 7.49. The Morgan fingerprint density at radius 2 is 1.92 bits per heavy atom. The predicted octanol–water partition coefficient (Wildman–Crippen LogP) is 4.23. The predicted molar refractivity (Wildman–Crippen MR) is 86.6 cm³/mol. The zero-order chi connectivity index (χ0) is 17.7. The van der Waals surface area contributed by atoms with Gasteiger partial charge in [-0.05, 0) is 30.3 Å². The number of amides is 1. The number of anilines is 1. The van der Waals surface area contributed by atoms with Gasteiger partial charge < -0.3 is 10.1 Å². The molecule has 2 rings (SSSR count). The number of benzene rings is 2. The van der Waals surface area contributed by atoms with Crippen molar-refractivity contribution >= 4 is 29.0 Å². The molecule has 0 fully saturated rings. The van der Waals surface area contributed by atoms with Gasteiger partial charge in [-0.1, -0.05) is 18.5 Å². The molecule has 0 bridgehead atoms. The summed E-state index contributed by atoms with van der Waals surface area (Å²) in [5.41, 5.74) is -0.0284. The molecule has 24 heavy (non-hydrogen) atoms. The van der Waals surface area contributed by atoms with Crippen molar-refractivity contribution in [2.45, 2.75) is 13.3 Å². The van der Waals surface area contributed by atoms with Crippen molar-refractivity contribution in [2.75, 3.05) is 11.9 Å². The first-order chi connectivity index (χ1) is 11.4. The molecule has 0 spiro atoms. The minimum absolute atomic E-state index is 0.191. The maximum atomic E-state index is 13.5. The fraction of sp³-hybridized carbons (Fsp3) is 0.176. The van der Waals surface area contributed by atoms with Gasteiger partial charge in [-0.2, -0.15) is 0 Å². The summed E-state index contributed by atoms with van der Waals surface area (Å²) >= 11 is 5.86. The number of ether oxygens (including phenoxy) is 1. The van der Waals surface area contributed by atoms with E-state index in [1.54, 1.807) is 6.92 Å². The van der Waals surface area contributed by atoms with Crippen molar-refractivity contribution in [3.63, 3.8) is 0 Å². The molecule has 0 atom stereocenters. The van der Waals surface area contributed by atoms with Crippen LogP contribution in [0.1, 0.15) is 23.7 Å². The third-order valence-corrected chi connectivity index (χ3v) is 3.36. The molecule has 0 saturated carbocycles. The average Bonchev–Trinajstić information content (AvgIpc) is 2.56. The van der Waals surface area contributed by atoms with Gasteiger partial charge >= 0.3 is 0 Å². The molecule has 0 aliphatic rings. The van der Waals surface area contributed by atoms with E-state index in [-0.39, 0.29) is 29.2 Å². The zero-order valence-electron chi connectivity index (χ0n) is 12.7. The van der Waals surface area contributed by atoms with Gasteiger partial charge in [-0.25, -0.2) is 8.78 Å². The summed E-state index contributed by atoms with van der Waals surface area (Å²) in [7, 11) is 0. The van der Waals surface area contributed by atoms with Gasteiger partial charge in [-0.15, -0.1) is 0 Å². The molecule has 1 amide bonds. The van der Waals surface area contributed by atoms with E-state index in [0.29, 0.717) is 5.02 Å². The normalized spacial score (nSPS) is 10.3. The van der Waals surface area contributed by atoms with E-state index in [0.717, 1.165) is 18.2 Å². The lowest BCUT2D eigenvalue weighted by molar-refractivity contribution is -0.118. The largest absolute Gasteiger partial charge is 0.483 e. The van der Waals surface area contributed by atoms with Crippen LogP contribution in [0.4, 0.5) is 14.5 Å². The van der Waals surface area contributed by atoms with Crippen LogP contribution in [0.15, 0.2) is 36.4 Å². The number of halogens is 3. The van der Waals surface area contributed by atoms with Gasteiger partial charge in [0.15, 0.2) is 12.4 Å². The van der Waals surface area contributed by atoms with Crippen LogP contribution < -0.4 is 10.1 Å². The molecular weight excluding hydrogens is 340 g/mol. The lowest BCUT2D eigenvalue weighted by Crippen LogP contribution is -2.21. The number of carbonyl (C=O) groups is 2. The van der Waals surface area contributed by atoms with Crippen LogP contribution >= 0.6 is 11.6 Å². The highest BCUT2D eigenvalue weighted by molar-refractivity contribution is 6.31. The van der Waals surface area contributed by atoms with Crippen LogP contribution in [0.2, 0.25) is 5.02 Å². The summed E-state index contributed by atoms with van der Waals surface area (Å²) in [5.74, 6) is -2.13. The monoisotopic (exact) mass is 353 g/mol. The van der Waals surface area contributed by atoms with E-state index in [4.69, 9.17) is 16.3 Å². The number of carbonyl (C=O) groups excluding carboxylic acids is 2. The van der Waals surface area contributed by atoms with Crippen molar-refractivity contribution in [3.8, 4) is 5.75 Å². The van der Waals surface area contributed by atoms with Crippen LogP contribution in [0.3, 0.4) is 0 Å². The minimum atomic E-state index is -0.766. The minimum Gasteiger partial charge on any atom is -0.483 e. The van der Waals surface area contributed by atoms with Crippen molar-refractivity contribution in [2.24, 2.45) is 0 Å². The lowest BCUT2D eigenvalue weighted by atomic mass is 10.1. The Morgan fingerprint density at radius 3 is 2.62 bits per heavy atom. The Labute approximate surface area is 142 Å². The Kier molecular flexibility index (Phi) is 5.87. The first-order valence-electron chi connectivity index (χ1n) is 7.11. The molecule has 2 aromatic carbocycles. The molecule has 0 aliphatic carbocycles. The summed E-state index contributed by atoms with van der Waals surface area (Å²) in [6, 6.07) is 7.16. The molecule has 1 N–H and O–H groups in total. The molecule has 0 radical (unpaired) electrons.